The molecule has 0 unspecified atom stereocenters. The van der Waals surface area contributed by atoms with Crippen LogP contribution in [0.2, 0.25) is 0 Å². The minimum atomic E-state index is -0.401. The molecule has 178 valence electrons. The Bertz CT molecular complexity index is 926. The van der Waals surface area contributed by atoms with Gasteiger partial charge in [-0.15, -0.1) is 0 Å². The molecule has 2 aromatic carbocycles. The number of piperidine rings is 2. The number of amides is 1. The fourth-order valence-corrected chi connectivity index (χ4v) is 4.83. The van der Waals surface area contributed by atoms with E-state index in [9.17, 15) is 9.90 Å². The number of β-amino-alcohol motifs (C(OH)–C–C–N with tert-alkyl or cyclic N) is 1. The molecule has 2 fully saturated rings. The fraction of sp³-hybridized carbons (Fsp3) is 0.500. The molecule has 7 heteroatoms. The molecule has 2 heterocycles. The van der Waals surface area contributed by atoms with Gasteiger partial charge >= 0.3 is 0 Å². The first kappa shape index (κ1) is 23.4. The number of hydrogen-bond acceptors (Lipinski definition) is 6. The second-order valence-electron chi connectivity index (χ2n) is 8.89. The number of carbonyl (C=O) groups is 1. The molecular weight excluding hydrogens is 418 g/mol. The van der Waals surface area contributed by atoms with E-state index in [1.807, 2.05) is 36.4 Å². The zero-order valence-corrected chi connectivity index (χ0v) is 19.6. The summed E-state index contributed by atoms with van der Waals surface area (Å²) in [6, 6.07) is 14.3. The number of rotatable bonds is 7. The number of anilines is 1. The van der Waals surface area contributed by atoms with Gasteiger partial charge < -0.3 is 29.7 Å². The normalized spacial score (nSPS) is 19.4. The Hall–Kier alpha value is -2.77. The zero-order chi connectivity index (χ0) is 23.2. The Kier molecular flexibility index (Phi) is 7.73. The summed E-state index contributed by atoms with van der Waals surface area (Å²) in [6.45, 7) is 3.84. The van der Waals surface area contributed by atoms with E-state index < -0.39 is 6.10 Å². The van der Waals surface area contributed by atoms with E-state index in [4.69, 9.17) is 9.47 Å². The largest absolute Gasteiger partial charge is 0.493 e. The maximum absolute atomic E-state index is 12.7. The summed E-state index contributed by atoms with van der Waals surface area (Å²) in [6.07, 6.45) is 3.35. The van der Waals surface area contributed by atoms with Crippen molar-refractivity contribution in [1.29, 1.82) is 0 Å². The second-order valence-corrected chi connectivity index (χ2v) is 8.89. The predicted octanol–water partition coefficient (Wildman–Crippen LogP) is 3.06. The van der Waals surface area contributed by atoms with Crippen LogP contribution in [0.3, 0.4) is 0 Å². The highest BCUT2D eigenvalue weighted by atomic mass is 16.5. The molecule has 0 aromatic heterocycles. The number of ether oxygens (including phenoxy) is 2. The number of carbonyl (C=O) groups excluding carboxylic acids is 1. The first-order valence-corrected chi connectivity index (χ1v) is 11.8. The molecule has 33 heavy (non-hydrogen) atoms. The van der Waals surface area contributed by atoms with Gasteiger partial charge in [0.15, 0.2) is 11.5 Å². The molecule has 0 saturated carbocycles. The monoisotopic (exact) mass is 453 g/mol. The predicted molar refractivity (Wildman–Crippen MR) is 129 cm³/mol. The van der Waals surface area contributed by atoms with Crippen molar-refractivity contribution >= 4 is 11.6 Å². The molecule has 7 nitrogen and oxygen atoms in total. The van der Waals surface area contributed by atoms with E-state index in [0.717, 1.165) is 74.6 Å². The van der Waals surface area contributed by atoms with Crippen LogP contribution in [0.25, 0.3) is 0 Å². The number of likely N-dealkylation sites (tertiary alicyclic amines) is 1. The molecule has 2 N–H and O–H groups in total. The third-order valence-corrected chi connectivity index (χ3v) is 6.72. The Balaban J connectivity index is 1.28. The molecule has 0 radical (unpaired) electrons. The molecule has 2 aliphatic rings. The summed E-state index contributed by atoms with van der Waals surface area (Å²) >= 11 is 0. The van der Waals surface area contributed by atoms with Gasteiger partial charge in [-0.3, -0.25) is 4.79 Å². The summed E-state index contributed by atoms with van der Waals surface area (Å²) in [5.41, 5.74) is 2.94. The first-order chi connectivity index (χ1) is 16.1. The number of hydrogen-bond donors (Lipinski definition) is 2. The summed E-state index contributed by atoms with van der Waals surface area (Å²) in [4.78, 5) is 16.9. The van der Waals surface area contributed by atoms with Crippen LogP contribution in [0.15, 0.2) is 42.5 Å². The maximum Gasteiger partial charge on any atom is 0.253 e. The van der Waals surface area contributed by atoms with Crippen LogP contribution in [0, 0.1) is 0 Å². The minimum Gasteiger partial charge on any atom is -0.493 e. The van der Waals surface area contributed by atoms with Crippen LogP contribution in [-0.2, 0) is 6.54 Å². The minimum absolute atomic E-state index is 0.0104. The molecule has 2 saturated heterocycles. The molecular formula is C26H35N3O4. The second kappa shape index (κ2) is 10.9. The molecule has 0 spiro atoms. The van der Waals surface area contributed by atoms with Gasteiger partial charge in [-0.05, 0) is 56.0 Å². The average Bonchev–Trinajstić information content (AvgIpc) is 2.87. The Morgan fingerprint density at radius 1 is 1.03 bits per heavy atom. The number of aliphatic hydroxyl groups is 1. The van der Waals surface area contributed by atoms with E-state index in [0.29, 0.717) is 18.2 Å². The number of para-hydroxylation sites is 1. The van der Waals surface area contributed by atoms with Crippen molar-refractivity contribution < 1.29 is 19.4 Å². The Morgan fingerprint density at radius 2 is 1.79 bits per heavy atom. The van der Waals surface area contributed by atoms with Crippen LogP contribution >= 0.6 is 0 Å². The van der Waals surface area contributed by atoms with Gasteiger partial charge in [-0.1, -0.05) is 12.1 Å². The van der Waals surface area contributed by atoms with E-state index in [1.54, 1.807) is 19.1 Å². The fourth-order valence-electron chi connectivity index (χ4n) is 4.83. The number of methoxy groups -OCH3 is 2. The summed E-state index contributed by atoms with van der Waals surface area (Å²) in [5.74, 6) is 1.56. The first-order valence-electron chi connectivity index (χ1n) is 11.8. The van der Waals surface area contributed by atoms with Crippen molar-refractivity contribution in [1.82, 2.24) is 10.2 Å². The lowest BCUT2D eigenvalue weighted by Gasteiger charge is -2.34. The van der Waals surface area contributed by atoms with Gasteiger partial charge in [-0.25, -0.2) is 0 Å². The van der Waals surface area contributed by atoms with Crippen LogP contribution in [0.1, 0.15) is 41.6 Å². The number of nitrogens with one attached hydrogen (secondary N) is 1. The van der Waals surface area contributed by atoms with Crippen molar-refractivity contribution in [3.8, 4) is 11.5 Å². The van der Waals surface area contributed by atoms with E-state index in [2.05, 4.69) is 16.3 Å². The lowest BCUT2D eigenvalue weighted by molar-refractivity contribution is 0.0474. The Morgan fingerprint density at radius 3 is 2.45 bits per heavy atom. The van der Waals surface area contributed by atoms with Crippen molar-refractivity contribution in [2.75, 3.05) is 45.3 Å². The third kappa shape index (κ3) is 5.60. The van der Waals surface area contributed by atoms with E-state index in [1.165, 1.54) is 0 Å². The standard InChI is InChI=1S/C26H35N3O4/c1-32-24-7-3-5-20(25(24)33-2)17-27-21-12-15-28(16-13-21)22-10-8-19(9-11-22)26(31)29-14-4-6-23(30)18-29/h3,5,7-11,21,23,27,30H,4,6,12-18H2,1-2H3/t23-/m1/s1. The topological polar surface area (TPSA) is 74.3 Å². The van der Waals surface area contributed by atoms with Crippen LogP contribution in [0.5, 0.6) is 11.5 Å². The average molecular weight is 454 g/mol. The number of aliphatic hydroxyl groups excluding tert-OH is 1. The third-order valence-electron chi connectivity index (χ3n) is 6.72. The highest BCUT2D eigenvalue weighted by Gasteiger charge is 2.24. The molecule has 4 rings (SSSR count). The number of benzene rings is 2. The molecule has 1 amide bonds. The van der Waals surface area contributed by atoms with Gasteiger partial charge in [0, 0.05) is 55.6 Å². The maximum atomic E-state index is 12.7. The van der Waals surface area contributed by atoms with Gasteiger partial charge in [0.25, 0.3) is 5.91 Å². The smallest absolute Gasteiger partial charge is 0.253 e. The van der Waals surface area contributed by atoms with Gasteiger partial charge in [-0.2, -0.15) is 0 Å². The SMILES string of the molecule is COc1cccc(CNC2CCN(c3ccc(C(=O)N4CCC[C@@H](O)C4)cc3)CC2)c1OC. The highest BCUT2D eigenvalue weighted by Crippen LogP contribution is 2.31. The van der Waals surface area contributed by atoms with Crippen LogP contribution in [-0.4, -0.2) is 68.5 Å². The molecule has 0 aliphatic carbocycles. The van der Waals surface area contributed by atoms with Crippen molar-refractivity contribution in [2.24, 2.45) is 0 Å². The number of nitrogens with zero attached hydrogens (tertiary/aromatic N) is 2. The molecule has 2 aliphatic heterocycles. The zero-order valence-electron chi connectivity index (χ0n) is 19.6. The van der Waals surface area contributed by atoms with Crippen molar-refractivity contribution in [3.05, 3.63) is 53.6 Å². The molecule has 2 aromatic rings. The van der Waals surface area contributed by atoms with Gasteiger partial charge in [0.2, 0.25) is 0 Å². The Labute approximate surface area is 196 Å². The van der Waals surface area contributed by atoms with Gasteiger partial charge in [0.1, 0.15) is 0 Å². The summed E-state index contributed by atoms with van der Waals surface area (Å²) < 4.78 is 10.9. The lowest BCUT2D eigenvalue weighted by Crippen LogP contribution is -2.42. The summed E-state index contributed by atoms with van der Waals surface area (Å²) in [7, 11) is 3.33. The summed E-state index contributed by atoms with van der Waals surface area (Å²) in [5, 5.41) is 13.5. The molecule has 0 bridgehead atoms. The van der Waals surface area contributed by atoms with E-state index in [-0.39, 0.29) is 5.91 Å². The quantitative estimate of drug-likeness (QED) is 0.671. The van der Waals surface area contributed by atoms with E-state index >= 15 is 0 Å². The van der Waals surface area contributed by atoms with Gasteiger partial charge in [0.05, 0.1) is 20.3 Å². The lowest BCUT2D eigenvalue weighted by atomic mass is 10.0. The van der Waals surface area contributed by atoms with Crippen molar-refractivity contribution in [3.63, 3.8) is 0 Å². The molecule has 1 atom stereocenters. The highest BCUT2D eigenvalue weighted by molar-refractivity contribution is 5.94. The van der Waals surface area contributed by atoms with Crippen molar-refractivity contribution in [2.45, 2.75) is 44.4 Å². The van der Waals surface area contributed by atoms with Crippen LogP contribution in [0.4, 0.5) is 5.69 Å². The van der Waals surface area contributed by atoms with Crippen LogP contribution < -0.4 is 19.7 Å².